The van der Waals surface area contributed by atoms with Crippen molar-refractivity contribution < 1.29 is 14.5 Å². The van der Waals surface area contributed by atoms with Gasteiger partial charge >= 0.3 is 7.12 Å². The van der Waals surface area contributed by atoms with Crippen LogP contribution in [0.2, 0.25) is 18.1 Å². The quantitative estimate of drug-likeness (QED) is 0.710. The fraction of sp³-hybridized carbons (Fsp3) is 0.800. The van der Waals surface area contributed by atoms with Gasteiger partial charge in [-0.2, -0.15) is 0 Å². The molecule has 5 heteroatoms. The van der Waals surface area contributed by atoms with E-state index in [4.69, 9.17) is 14.5 Å². The summed E-state index contributed by atoms with van der Waals surface area (Å²) in [6.07, 6.45) is 0.504. The van der Waals surface area contributed by atoms with Gasteiger partial charge < -0.3 is 14.5 Å². The highest BCUT2D eigenvalue weighted by molar-refractivity contribution is 6.74. The minimum absolute atomic E-state index is 0.187. The third-order valence-corrected chi connectivity index (χ3v) is 7.60. The zero-order valence-corrected chi connectivity index (χ0v) is 11.5. The largest absolute Gasteiger partial charge is 0.483 e. The molecule has 0 amide bonds. The third-order valence-electron chi connectivity index (χ3n) is 3.06. The van der Waals surface area contributed by atoms with Crippen molar-refractivity contribution in [3.8, 4) is 0 Å². The van der Waals surface area contributed by atoms with E-state index in [0.717, 1.165) is 0 Å². The van der Waals surface area contributed by atoms with Crippen LogP contribution in [0.3, 0.4) is 0 Å². The number of hydrogen-bond donors (Lipinski definition) is 2. The SMILES string of the molecule is C=C(CCO[Si](C)(C)C(C)(C)C)B(O)O. The molecule has 15 heavy (non-hydrogen) atoms. The molecule has 0 saturated carbocycles. The predicted molar refractivity (Wildman–Crippen MR) is 67.1 cm³/mol. The van der Waals surface area contributed by atoms with E-state index in [1.807, 2.05) is 0 Å². The molecule has 0 rings (SSSR count). The van der Waals surface area contributed by atoms with E-state index in [9.17, 15) is 0 Å². The molecule has 88 valence electrons. The Morgan fingerprint density at radius 1 is 1.33 bits per heavy atom. The highest BCUT2D eigenvalue weighted by Crippen LogP contribution is 2.36. The first-order valence-corrected chi connectivity index (χ1v) is 8.16. The Morgan fingerprint density at radius 2 is 1.80 bits per heavy atom. The molecular weight excluding hydrogens is 207 g/mol. The Kier molecular flexibility index (Phi) is 5.26. The summed E-state index contributed by atoms with van der Waals surface area (Å²) in [4.78, 5) is 0. The van der Waals surface area contributed by atoms with Crippen molar-refractivity contribution in [1.82, 2.24) is 0 Å². The van der Waals surface area contributed by atoms with Gasteiger partial charge in [0.1, 0.15) is 0 Å². The molecule has 0 aromatic heterocycles. The Hall–Kier alpha value is -0.0982. The highest BCUT2D eigenvalue weighted by Gasteiger charge is 2.36. The molecule has 0 atom stereocenters. The summed E-state index contributed by atoms with van der Waals surface area (Å²) in [5.41, 5.74) is 0.411. The summed E-state index contributed by atoms with van der Waals surface area (Å²) in [6.45, 7) is 15.0. The van der Waals surface area contributed by atoms with Crippen LogP contribution in [0.1, 0.15) is 27.2 Å². The zero-order valence-electron chi connectivity index (χ0n) is 10.5. The van der Waals surface area contributed by atoms with Gasteiger partial charge in [0.05, 0.1) is 0 Å². The molecule has 0 saturated heterocycles. The van der Waals surface area contributed by atoms with E-state index in [0.29, 0.717) is 18.5 Å². The van der Waals surface area contributed by atoms with Gasteiger partial charge in [0, 0.05) is 6.61 Å². The Bertz CT molecular complexity index is 221. The zero-order chi connectivity index (χ0) is 12.3. The van der Waals surface area contributed by atoms with Crippen molar-refractivity contribution in [2.75, 3.05) is 6.61 Å². The van der Waals surface area contributed by atoms with Crippen LogP contribution in [0, 0.1) is 0 Å². The maximum Gasteiger partial charge on any atom is 0.483 e. The average Bonchev–Trinajstić information content (AvgIpc) is 2.01. The molecule has 0 bridgehead atoms. The van der Waals surface area contributed by atoms with Gasteiger partial charge in [0.2, 0.25) is 0 Å². The molecule has 0 radical (unpaired) electrons. The first kappa shape index (κ1) is 14.9. The molecule has 0 aliphatic carbocycles. The van der Waals surface area contributed by atoms with Crippen molar-refractivity contribution in [1.29, 1.82) is 0 Å². The molecule has 0 aromatic carbocycles. The first-order valence-electron chi connectivity index (χ1n) is 5.25. The molecular formula is C10H23BO3Si. The second-order valence-corrected chi connectivity index (χ2v) is 10.2. The lowest BCUT2D eigenvalue weighted by Gasteiger charge is -2.36. The minimum atomic E-state index is -1.71. The van der Waals surface area contributed by atoms with Gasteiger partial charge in [-0.15, -0.1) is 6.58 Å². The molecule has 3 nitrogen and oxygen atoms in total. The smallest absolute Gasteiger partial charge is 0.423 e. The minimum Gasteiger partial charge on any atom is -0.423 e. The van der Waals surface area contributed by atoms with Crippen molar-refractivity contribution >= 4 is 15.4 Å². The maximum absolute atomic E-state index is 8.82. The monoisotopic (exact) mass is 230 g/mol. The van der Waals surface area contributed by atoms with Gasteiger partial charge in [0.25, 0.3) is 0 Å². The van der Waals surface area contributed by atoms with Crippen molar-refractivity contribution in [2.24, 2.45) is 0 Å². The van der Waals surface area contributed by atoms with E-state index in [1.165, 1.54) is 0 Å². The summed E-state index contributed by atoms with van der Waals surface area (Å²) in [7, 11) is -3.13. The molecule has 0 aliphatic heterocycles. The lowest BCUT2D eigenvalue weighted by atomic mass is 9.79. The maximum atomic E-state index is 8.82. The van der Waals surface area contributed by atoms with Crippen molar-refractivity contribution in [3.05, 3.63) is 12.1 Å². The van der Waals surface area contributed by atoms with Gasteiger partial charge in [0.15, 0.2) is 8.32 Å². The van der Waals surface area contributed by atoms with Crippen LogP contribution in [-0.4, -0.2) is 32.1 Å². The normalized spacial score (nSPS) is 12.7. The van der Waals surface area contributed by atoms with E-state index >= 15 is 0 Å². The molecule has 0 heterocycles. The highest BCUT2D eigenvalue weighted by atomic mass is 28.4. The van der Waals surface area contributed by atoms with E-state index in [-0.39, 0.29) is 5.04 Å². The van der Waals surface area contributed by atoms with Crippen molar-refractivity contribution in [3.63, 3.8) is 0 Å². The lowest BCUT2D eigenvalue weighted by molar-refractivity contribution is 0.290. The molecule has 0 unspecified atom stereocenters. The summed E-state index contributed by atoms with van der Waals surface area (Å²) in [6, 6.07) is 0. The van der Waals surface area contributed by atoms with Crippen LogP contribution >= 0.6 is 0 Å². The molecule has 2 N–H and O–H groups in total. The van der Waals surface area contributed by atoms with Gasteiger partial charge in [-0.05, 0) is 30.0 Å². The van der Waals surface area contributed by atoms with E-state index < -0.39 is 15.4 Å². The summed E-state index contributed by atoms with van der Waals surface area (Å²) in [5.74, 6) is 0. The standard InChI is InChI=1S/C10H23BO3Si/c1-9(11(12)13)7-8-14-15(5,6)10(2,3)4/h12-13H,1,7-8H2,2-6H3. The molecule has 0 fully saturated rings. The summed E-state index contributed by atoms with van der Waals surface area (Å²) >= 11 is 0. The van der Waals surface area contributed by atoms with Crippen LogP contribution in [0.5, 0.6) is 0 Å². The second-order valence-electron chi connectivity index (χ2n) is 5.39. The molecule has 0 spiro atoms. The molecule has 0 aromatic rings. The fourth-order valence-electron chi connectivity index (χ4n) is 0.783. The van der Waals surface area contributed by atoms with Gasteiger partial charge in [-0.1, -0.05) is 20.8 Å². The Morgan fingerprint density at radius 3 is 2.13 bits per heavy atom. The third kappa shape index (κ3) is 4.97. The Balaban J connectivity index is 4.02. The Labute approximate surface area is 94.4 Å². The van der Waals surface area contributed by atoms with Crippen LogP contribution in [0.15, 0.2) is 12.1 Å². The second kappa shape index (κ2) is 5.30. The van der Waals surface area contributed by atoms with Crippen LogP contribution in [-0.2, 0) is 4.43 Å². The van der Waals surface area contributed by atoms with Gasteiger partial charge in [-0.3, -0.25) is 0 Å². The average molecular weight is 230 g/mol. The number of rotatable bonds is 5. The summed E-state index contributed by atoms with van der Waals surface area (Å²) < 4.78 is 5.87. The lowest BCUT2D eigenvalue weighted by Crippen LogP contribution is -2.41. The first-order chi connectivity index (χ1) is 6.58. The fourth-order valence-corrected chi connectivity index (χ4v) is 1.83. The van der Waals surface area contributed by atoms with Gasteiger partial charge in [-0.25, -0.2) is 0 Å². The van der Waals surface area contributed by atoms with E-state index in [1.54, 1.807) is 0 Å². The topological polar surface area (TPSA) is 49.7 Å². The van der Waals surface area contributed by atoms with Crippen molar-refractivity contribution in [2.45, 2.75) is 45.3 Å². The molecule has 0 aliphatic rings. The van der Waals surface area contributed by atoms with E-state index in [2.05, 4.69) is 40.4 Å². The summed E-state index contributed by atoms with van der Waals surface area (Å²) in [5, 5.41) is 17.8. The number of hydrogen-bond acceptors (Lipinski definition) is 3. The van der Waals surface area contributed by atoms with Crippen LogP contribution in [0.25, 0.3) is 0 Å². The predicted octanol–water partition coefficient (Wildman–Crippen LogP) is 1.97. The van der Waals surface area contributed by atoms with Crippen LogP contribution < -0.4 is 0 Å². The van der Waals surface area contributed by atoms with Crippen LogP contribution in [0.4, 0.5) is 0 Å².